The molecule has 38 heavy (non-hydrogen) atoms. The van der Waals surface area contributed by atoms with Crippen molar-refractivity contribution in [3.05, 3.63) is 44.9 Å². The molecular weight excluding hydrogens is 571 g/mol. The first-order chi connectivity index (χ1) is 18.0. The molecular formula is C25H32Cl2N4O5S2. The Morgan fingerprint density at radius 1 is 1.24 bits per heavy atom. The Balaban J connectivity index is 1.34. The third-order valence-corrected chi connectivity index (χ3v) is 7.98. The number of carbonyl (C=O) groups excluding carboxylic acids is 3. The van der Waals surface area contributed by atoms with E-state index in [1.165, 1.54) is 23.1 Å². The van der Waals surface area contributed by atoms with Gasteiger partial charge >= 0.3 is 5.97 Å². The van der Waals surface area contributed by atoms with Crippen molar-refractivity contribution in [3.8, 4) is 0 Å². The van der Waals surface area contributed by atoms with Crippen LogP contribution in [0.3, 0.4) is 0 Å². The van der Waals surface area contributed by atoms with E-state index in [0.717, 1.165) is 18.7 Å². The fraction of sp³-hybridized carbons (Fsp3) is 0.520. The Hall–Kier alpha value is -1.89. The number of amides is 2. The lowest BCUT2D eigenvalue weighted by molar-refractivity contribution is -0.154. The summed E-state index contributed by atoms with van der Waals surface area (Å²) in [7, 11) is 0. The Labute approximate surface area is 240 Å². The van der Waals surface area contributed by atoms with Gasteiger partial charge in [0.1, 0.15) is 11.3 Å². The molecule has 0 unspecified atom stereocenters. The van der Waals surface area contributed by atoms with Gasteiger partial charge in [0.25, 0.3) is 5.91 Å². The molecule has 1 aliphatic rings. The van der Waals surface area contributed by atoms with E-state index in [0.29, 0.717) is 34.1 Å². The number of aromatic nitrogens is 1. The zero-order chi connectivity index (χ0) is 27.7. The highest BCUT2D eigenvalue weighted by Gasteiger charge is 2.22. The molecule has 13 heteroatoms. The van der Waals surface area contributed by atoms with Crippen molar-refractivity contribution in [2.75, 3.05) is 38.5 Å². The molecule has 1 aromatic heterocycles. The largest absolute Gasteiger partial charge is 0.460 e. The van der Waals surface area contributed by atoms with Crippen LogP contribution in [0, 0.1) is 0 Å². The number of nitrogens with one attached hydrogen (secondary N) is 2. The predicted molar refractivity (Wildman–Crippen MR) is 150 cm³/mol. The molecule has 1 atom stereocenters. The van der Waals surface area contributed by atoms with Gasteiger partial charge < -0.3 is 20.1 Å². The number of benzene rings is 1. The SMILES string of the molecule is CC(C)(C)OC(=O)CCNC(=O)c1csc(SCC(=O)NC[C@H]2CN(Cc3ccc(Cl)c(Cl)c3)CCO2)n1. The molecule has 0 bridgehead atoms. The van der Waals surface area contributed by atoms with E-state index in [9.17, 15) is 14.4 Å². The van der Waals surface area contributed by atoms with Crippen LogP contribution in [0.15, 0.2) is 27.9 Å². The van der Waals surface area contributed by atoms with Crippen LogP contribution >= 0.6 is 46.3 Å². The fourth-order valence-electron chi connectivity index (χ4n) is 3.54. The van der Waals surface area contributed by atoms with Gasteiger partial charge in [0, 0.05) is 38.1 Å². The monoisotopic (exact) mass is 602 g/mol. The van der Waals surface area contributed by atoms with Crippen LogP contribution in [-0.4, -0.2) is 77.9 Å². The maximum atomic E-state index is 12.4. The second kappa shape index (κ2) is 14.5. The lowest BCUT2D eigenvalue weighted by atomic mass is 10.2. The van der Waals surface area contributed by atoms with Gasteiger partial charge in [0.15, 0.2) is 4.34 Å². The van der Waals surface area contributed by atoms with Gasteiger partial charge in [-0.1, -0.05) is 41.0 Å². The minimum Gasteiger partial charge on any atom is -0.460 e. The fourth-order valence-corrected chi connectivity index (χ4v) is 5.50. The summed E-state index contributed by atoms with van der Waals surface area (Å²) in [5.41, 5.74) is 0.755. The van der Waals surface area contributed by atoms with E-state index < -0.39 is 5.60 Å². The molecule has 0 aliphatic carbocycles. The van der Waals surface area contributed by atoms with Crippen molar-refractivity contribution in [1.29, 1.82) is 0 Å². The normalized spacial score (nSPS) is 16.2. The zero-order valence-electron chi connectivity index (χ0n) is 21.6. The van der Waals surface area contributed by atoms with Gasteiger partial charge in [0.2, 0.25) is 5.91 Å². The number of nitrogens with zero attached hydrogens (tertiary/aromatic N) is 2. The van der Waals surface area contributed by atoms with Crippen molar-refractivity contribution >= 4 is 64.1 Å². The second-order valence-corrected chi connectivity index (χ2v) is 12.6. The van der Waals surface area contributed by atoms with Crippen LogP contribution in [0.1, 0.15) is 43.2 Å². The molecule has 1 aromatic carbocycles. The first-order valence-electron chi connectivity index (χ1n) is 12.1. The first-order valence-corrected chi connectivity index (χ1v) is 14.7. The smallest absolute Gasteiger partial charge is 0.308 e. The highest BCUT2D eigenvalue weighted by molar-refractivity contribution is 8.01. The van der Waals surface area contributed by atoms with E-state index in [-0.39, 0.29) is 48.3 Å². The Morgan fingerprint density at radius 3 is 2.76 bits per heavy atom. The quantitative estimate of drug-likeness (QED) is 0.293. The lowest BCUT2D eigenvalue weighted by Gasteiger charge is -2.33. The molecule has 1 aliphatic heterocycles. The molecule has 208 valence electrons. The number of carbonyl (C=O) groups is 3. The summed E-state index contributed by atoms with van der Waals surface area (Å²) in [6.45, 7) is 8.71. The molecule has 2 amide bonds. The number of ether oxygens (including phenoxy) is 2. The zero-order valence-corrected chi connectivity index (χ0v) is 24.7. The number of rotatable bonds is 11. The number of hydrogen-bond acceptors (Lipinski definition) is 9. The standard InChI is InChI=1S/C25H32Cl2N4O5S2/c1-25(2,3)36-22(33)6-7-28-23(34)20-14-37-24(30-20)38-15-21(32)29-11-17-13-31(8-9-35-17)12-16-4-5-18(26)19(27)10-16/h4-5,10,14,17H,6-9,11-13,15H2,1-3H3,(H,28,34)(H,29,32)/t17-/m0/s1. The predicted octanol–water partition coefficient (Wildman–Crippen LogP) is 4.02. The molecule has 0 saturated carbocycles. The summed E-state index contributed by atoms with van der Waals surface area (Å²) in [5, 5.41) is 8.26. The summed E-state index contributed by atoms with van der Waals surface area (Å²) < 4.78 is 11.6. The number of halogens is 2. The average Bonchev–Trinajstić information content (AvgIpc) is 3.32. The minimum absolute atomic E-state index is 0.0763. The maximum absolute atomic E-state index is 12.4. The third kappa shape index (κ3) is 10.7. The molecule has 9 nitrogen and oxygen atoms in total. The van der Waals surface area contributed by atoms with Crippen LogP contribution in [0.4, 0.5) is 0 Å². The van der Waals surface area contributed by atoms with E-state index in [1.54, 1.807) is 32.2 Å². The molecule has 2 aromatic rings. The van der Waals surface area contributed by atoms with E-state index in [1.807, 2.05) is 12.1 Å². The van der Waals surface area contributed by atoms with Crippen LogP contribution < -0.4 is 10.6 Å². The van der Waals surface area contributed by atoms with E-state index in [2.05, 4.69) is 20.5 Å². The van der Waals surface area contributed by atoms with Crippen molar-refractivity contribution in [3.63, 3.8) is 0 Å². The van der Waals surface area contributed by atoms with Crippen LogP contribution in [-0.2, 0) is 25.6 Å². The van der Waals surface area contributed by atoms with E-state index in [4.69, 9.17) is 32.7 Å². The van der Waals surface area contributed by atoms with Crippen molar-refractivity contribution in [2.24, 2.45) is 0 Å². The highest BCUT2D eigenvalue weighted by atomic mass is 35.5. The third-order valence-electron chi connectivity index (χ3n) is 5.22. The highest BCUT2D eigenvalue weighted by Crippen LogP contribution is 2.24. The lowest BCUT2D eigenvalue weighted by Crippen LogP contribution is -2.47. The molecule has 0 radical (unpaired) electrons. The number of thioether (sulfide) groups is 1. The Bertz CT molecular complexity index is 1130. The number of thiazole rings is 1. The van der Waals surface area contributed by atoms with Crippen molar-refractivity contribution < 1.29 is 23.9 Å². The van der Waals surface area contributed by atoms with Gasteiger partial charge in [0.05, 0.1) is 34.9 Å². The summed E-state index contributed by atoms with van der Waals surface area (Å²) in [5.74, 6) is -0.719. The number of esters is 1. The molecule has 2 N–H and O–H groups in total. The van der Waals surface area contributed by atoms with Crippen molar-refractivity contribution in [2.45, 2.75) is 49.8 Å². The second-order valence-electron chi connectivity index (χ2n) is 9.66. The number of hydrogen-bond donors (Lipinski definition) is 2. The molecule has 1 saturated heterocycles. The molecule has 0 spiro atoms. The summed E-state index contributed by atoms with van der Waals surface area (Å²) in [6, 6.07) is 5.61. The van der Waals surface area contributed by atoms with Gasteiger partial charge in [-0.05, 0) is 38.5 Å². The summed E-state index contributed by atoms with van der Waals surface area (Å²) in [4.78, 5) is 42.9. The summed E-state index contributed by atoms with van der Waals surface area (Å²) >= 11 is 14.7. The summed E-state index contributed by atoms with van der Waals surface area (Å²) in [6.07, 6.45) is -0.0383. The molecule has 1 fully saturated rings. The van der Waals surface area contributed by atoms with Crippen LogP contribution in [0.5, 0.6) is 0 Å². The average molecular weight is 604 g/mol. The van der Waals surface area contributed by atoms with Crippen LogP contribution in [0.25, 0.3) is 0 Å². The van der Waals surface area contributed by atoms with Crippen molar-refractivity contribution in [1.82, 2.24) is 20.5 Å². The van der Waals surface area contributed by atoms with Gasteiger partial charge in [-0.2, -0.15) is 0 Å². The topological polar surface area (TPSA) is 110 Å². The number of morpholine rings is 1. The first kappa shape index (κ1) is 30.6. The molecule has 3 rings (SSSR count). The van der Waals surface area contributed by atoms with Crippen LogP contribution in [0.2, 0.25) is 10.0 Å². The Morgan fingerprint density at radius 2 is 2.03 bits per heavy atom. The Kier molecular flexibility index (Phi) is 11.7. The minimum atomic E-state index is -0.564. The van der Waals surface area contributed by atoms with E-state index >= 15 is 0 Å². The van der Waals surface area contributed by atoms with Gasteiger partial charge in [-0.3, -0.25) is 19.3 Å². The van der Waals surface area contributed by atoms with Gasteiger partial charge in [-0.25, -0.2) is 4.98 Å². The molecule has 2 heterocycles. The van der Waals surface area contributed by atoms with Gasteiger partial charge in [-0.15, -0.1) is 11.3 Å². The maximum Gasteiger partial charge on any atom is 0.308 e.